The Morgan fingerprint density at radius 2 is 1.89 bits per heavy atom. The van der Waals surface area contributed by atoms with Crippen molar-refractivity contribution in [3.05, 3.63) is 35.4 Å². The predicted octanol–water partition coefficient (Wildman–Crippen LogP) is 1.19. The number of fused-ring (bicyclic) bond motifs is 2. The Kier molecular flexibility index (Phi) is 4.68. The normalized spacial score (nSPS) is 30.6. The molecule has 3 heterocycles. The Hall–Kier alpha value is -1.47. The summed E-state index contributed by atoms with van der Waals surface area (Å²) < 4.78 is 5.58. The van der Waals surface area contributed by atoms with Crippen LogP contribution in [0.4, 0.5) is 0 Å². The third-order valence-electron chi connectivity index (χ3n) is 7.13. The number of hydrogen-bond acceptors (Lipinski definition) is 5. The first-order chi connectivity index (χ1) is 13.3. The summed E-state index contributed by atoms with van der Waals surface area (Å²) in [5.74, 6) is 0.269. The molecule has 1 spiro atoms. The van der Waals surface area contributed by atoms with Crippen LogP contribution in [0.15, 0.2) is 24.3 Å². The molecule has 2 N–H and O–H groups in total. The number of benzene rings is 1. The molecule has 6 nitrogen and oxygen atoms in total. The van der Waals surface area contributed by atoms with E-state index in [1.165, 1.54) is 17.5 Å². The molecule has 5 rings (SSSR count). The van der Waals surface area contributed by atoms with Crippen LogP contribution in [-0.4, -0.2) is 67.7 Å². The van der Waals surface area contributed by atoms with Crippen molar-refractivity contribution in [3.8, 4) is 0 Å². The summed E-state index contributed by atoms with van der Waals surface area (Å²) in [6, 6.07) is 9.51. The van der Waals surface area contributed by atoms with E-state index in [-0.39, 0.29) is 17.4 Å². The van der Waals surface area contributed by atoms with Crippen LogP contribution in [0.2, 0.25) is 0 Å². The van der Waals surface area contributed by atoms with Gasteiger partial charge in [-0.05, 0) is 36.8 Å². The molecule has 0 aromatic heterocycles. The largest absolute Gasteiger partial charge is 0.379 e. The summed E-state index contributed by atoms with van der Waals surface area (Å²) in [5, 5.41) is 0. The van der Waals surface area contributed by atoms with E-state index in [0.717, 1.165) is 65.2 Å². The number of nitrogens with zero attached hydrogens (tertiary/aromatic N) is 2. The zero-order valence-electron chi connectivity index (χ0n) is 16.0. The van der Waals surface area contributed by atoms with Gasteiger partial charge in [0.1, 0.15) is 6.04 Å². The standard InChI is InChI=1S/C21H30N4O2/c26-20(18-5-8-22-23-18)25-9-6-21(7-10-25)15-19(24-11-13-27-14-12-24)16-3-1-2-4-17(16)21/h1-4,18-19,22-23H,5-15H2. The van der Waals surface area contributed by atoms with Crippen LogP contribution in [0.25, 0.3) is 0 Å². The van der Waals surface area contributed by atoms with Gasteiger partial charge in [-0.25, -0.2) is 5.43 Å². The molecule has 0 bridgehead atoms. The Labute approximate surface area is 161 Å². The summed E-state index contributed by atoms with van der Waals surface area (Å²) in [6.45, 7) is 6.37. The summed E-state index contributed by atoms with van der Waals surface area (Å²) in [6.07, 6.45) is 4.24. The van der Waals surface area contributed by atoms with Gasteiger partial charge in [0.05, 0.1) is 13.2 Å². The Bertz CT molecular complexity index is 689. The van der Waals surface area contributed by atoms with Crippen molar-refractivity contribution in [1.29, 1.82) is 0 Å². The molecule has 3 aliphatic heterocycles. The lowest BCUT2D eigenvalue weighted by molar-refractivity contribution is -0.134. The zero-order valence-corrected chi connectivity index (χ0v) is 16.0. The number of carbonyl (C=O) groups excluding carboxylic acids is 1. The van der Waals surface area contributed by atoms with E-state index in [1.807, 2.05) is 0 Å². The van der Waals surface area contributed by atoms with Crippen molar-refractivity contribution in [1.82, 2.24) is 20.7 Å². The van der Waals surface area contributed by atoms with Crippen LogP contribution >= 0.6 is 0 Å². The van der Waals surface area contributed by atoms with E-state index in [1.54, 1.807) is 0 Å². The van der Waals surface area contributed by atoms with Gasteiger partial charge in [-0.1, -0.05) is 24.3 Å². The monoisotopic (exact) mass is 370 g/mol. The molecule has 0 radical (unpaired) electrons. The van der Waals surface area contributed by atoms with Crippen molar-refractivity contribution in [2.24, 2.45) is 0 Å². The average molecular weight is 370 g/mol. The van der Waals surface area contributed by atoms with Gasteiger partial charge < -0.3 is 9.64 Å². The van der Waals surface area contributed by atoms with Crippen LogP contribution in [-0.2, 0) is 14.9 Å². The molecule has 0 saturated carbocycles. The van der Waals surface area contributed by atoms with Crippen molar-refractivity contribution in [3.63, 3.8) is 0 Å². The molecule has 146 valence electrons. The highest BCUT2D eigenvalue weighted by molar-refractivity contribution is 5.82. The highest BCUT2D eigenvalue weighted by Gasteiger charge is 2.47. The minimum Gasteiger partial charge on any atom is -0.379 e. The van der Waals surface area contributed by atoms with E-state index < -0.39 is 0 Å². The van der Waals surface area contributed by atoms with Crippen molar-refractivity contribution < 1.29 is 9.53 Å². The number of likely N-dealkylation sites (tertiary alicyclic amines) is 1. The number of hydrazine groups is 1. The van der Waals surface area contributed by atoms with Crippen LogP contribution in [0.3, 0.4) is 0 Å². The Balaban J connectivity index is 1.34. The molecule has 4 aliphatic rings. The predicted molar refractivity (Wildman–Crippen MR) is 103 cm³/mol. The number of nitrogens with one attached hydrogen (secondary N) is 2. The first-order valence-corrected chi connectivity index (χ1v) is 10.5. The van der Waals surface area contributed by atoms with Crippen LogP contribution in [0, 0.1) is 0 Å². The molecule has 3 saturated heterocycles. The molecule has 27 heavy (non-hydrogen) atoms. The van der Waals surface area contributed by atoms with Gasteiger partial charge in [0.2, 0.25) is 5.91 Å². The van der Waals surface area contributed by atoms with E-state index >= 15 is 0 Å². The third-order valence-corrected chi connectivity index (χ3v) is 7.13. The maximum absolute atomic E-state index is 12.8. The first-order valence-electron chi connectivity index (χ1n) is 10.5. The van der Waals surface area contributed by atoms with Gasteiger partial charge in [0.15, 0.2) is 0 Å². The molecule has 2 unspecified atom stereocenters. The second-order valence-corrected chi connectivity index (χ2v) is 8.47. The van der Waals surface area contributed by atoms with Crippen LogP contribution in [0.1, 0.15) is 42.9 Å². The molecule has 3 fully saturated rings. The van der Waals surface area contributed by atoms with Crippen molar-refractivity contribution >= 4 is 5.91 Å². The lowest BCUT2D eigenvalue weighted by atomic mass is 9.73. The van der Waals surface area contributed by atoms with Crippen molar-refractivity contribution in [2.75, 3.05) is 45.9 Å². The van der Waals surface area contributed by atoms with E-state index in [4.69, 9.17) is 4.74 Å². The zero-order chi connectivity index (χ0) is 18.3. The minimum atomic E-state index is -0.0454. The highest BCUT2D eigenvalue weighted by Crippen LogP contribution is 2.52. The number of rotatable bonds is 2. The maximum Gasteiger partial charge on any atom is 0.241 e. The lowest BCUT2D eigenvalue weighted by Gasteiger charge is -2.42. The molecule has 1 amide bonds. The second-order valence-electron chi connectivity index (χ2n) is 8.47. The number of piperidine rings is 1. The van der Waals surface area contributed by atoms with Gasteiger partial charge in [0.25, 0.3) is 0 Å². The number of morpholine rings is 1. The SMILES string of the molecule is O=C(C1CCNN1)N1CCC2(CC1)CC(N1CCOCC1)c1ccccc12. The van der Waals surface area contributed by atoms with E-state index in [0.29, 0.717) is 6.04 Å². The quantitative estimate of drug-likeness (QED) is 0.819. The van der Waals surface area contributed by atoms with Gasteiger partial charge >= 0.3 is 0 Å². The van der Waals surface area contributed by atoms with Crippen LogP contribution < -0.4 is 10.9 Å². The Morgan fingerprint density at radius 3 is 2.63 bits per heavy atom. The third kappa shape index (κ3) is 3.09. The summed E-state index contributed by atoms with van der Waals surface area (Å²) in [7, 11) is 0. The fourth-order valence-electron chi connectivity index (χ4n) is 5.59. The Morgan fingerprint density at radius 1 is 1.11 bits per heavy atom. The molecule has 1 aromatic rings. The topological polar surface area (TPSA) is 56.8 Å². The van der Waals surface area contributed by atoms with E-state index in [9.17, 15) is 4.79 Å². The van der Waals surface area contributed by atoms with Crippen molar-refractivity contribution in [2.45, 2.75) is 43.2 Å². The average Bonchev–Trinajstić information content (AvgIpc) is 3.37. The van der Waals surface area contributed by atoms with Gasteiger partial charge in [-0.2, -0.15) is 0 Å². The molecule has 1 aromatic carbocycles. The number of amides is 1. The maximum atomic E-state index is 12.8. The molecule has 6 heteroatoms. The molecular weight excluding hydrogens is 340 g/mol. The molecule has 2 atom stereocenters. The highest BCUT2D eigenvalue weighted by atomic mass is 16.5. The fraction of sp³-hybridized carbons (Fsp3) is 0.667. The van der Waals surface area contributed by atoms with Gasteiger partial charge in [0, 0.05) is 44.2 Å². The second kappa shape index (κ2) is 7.17. The fourth-order valence-corrected chi connectivity index (χ4v) is 5.59. The smallest absolute Gasteiger partial charge is 0.241 e. The molecule has 1 aliphatic carbocycles. The number of ether oxygens (including phenoxy) is 1. The van der Waals surface area contributed by atoms with E-state index in [2.05, 4.69) is 44.9 Å². The summed E-state index contributed by atoms with van der Waals surface area (Å²) >= 11 is 0. The first kappa shape index (κ1) is 17.6. The lowest BCUT2D eigenvalue weighted by Crippen LogP contribution is -2.51. The van der Waals surface area contributed by atoms with Gasteiger partial charge in [-0.15, -0.1) is 0 Å². The summed E-state index contributed by atoms with van der Waals surface area (Å²) in [5.41, 5.74) is 9.49. The van der Waals surface area contributed by atoms with Gasteiger partial charge in [-0.3, -0.25) is 15.1 Å². The van der Waals surface area contributed by atoms with Crippen LogP contribution in [0.5, 0.6) is 0 Å². The molecular formula is C21H30N4O2. The minimum absolute atomic E-state index is 0.0454. The number of hydrogen-bond donors (Lipinski definition) is 2. The number of carbonyl (C=O) groups is 1. The summed E-state index contributed by atoms with van der Waals surface area (Å²) in [4.78, 5) is 17.5.